The van der Waals surface area contributed by atoms with Crippen LogP contribution in [0.25, 0.3) is 0 Å². The van der Waals surface area contributed by atoms with Gasteiger partial charge >= 0.3 is 30.0 Å². The molecule has 4 saturated carbocycles. The zero-order chi connectivity index (χ0) is 23.7. The summed E-state index contributed by atoms with van der Waals surface area (Å²) in [7, 11) is 0. The van der Waals surface area contributed by atoms with Gasteiger partial charge in [0, 0.05) is 18.8 Å². The number of rotatable bonds is 5. The van der Waals surface area contributed by atoms with Crippen LogP contribution in [0, 0.1) is 17.8 Å². The first-order valence-corrected chi connectivity index (χ1v) is 10.1. The lowest BCUT2D eigenvalue weighted by Gasteiger charge is -2.62. The highest BCUT2D eigenvalue weighted by Crippen LogP contribution is 2.64. The van der Waals surface area contributed by atoms with Crippen LogP contribution in [-0.2, 0) is 28.5 Å². The number of alkyl halides is 7. The second-order valence-electron chi connectivity index (χ2n) is 9.25. The Labute approximate surface area is 177 Å². The molecule has 5 aliphatic rings. The first-order valence-electron chi connectivity index (χ1n) is 10.1. The molecule has 0 aromatic heterocycles. The van der Waals surface area contributed by atoms with E-state index in [9.17, 15) is 40.3 Å². The van der Waals surface area contributed by atoms with Gasteiger partial charge in [-0.25, -0.2) is 9.59 Å². The SMILES string of the molecule is CC(F)(F)C(=O)OC12CC3CC(C1)C1(OCC(C(=O)OCC(F)(F)C(F)(F)F)O1)C(C3)C2. The van der Waals surface area contributed by atoms with Crippen LogP contribution >= 0.6 is 0 Å². The van der Waals surface area contributed by atoms with Crippen molar-refractivity contribution in [2.45, 2.75) is 74.5 Å². The van der Waals surface area contributed by atoms with E-state index in [-0.39, 0.29) is 18.8 Å². The summed E-state index contributed by atoms with van der Waals surface area (Å²) >= 11 is 0. The van der Waals surface area contributed by atoms with E-state index in [1.165, 1.54) is 0 Å². The molecule has 0 aromatic carbocycles. The number of esters is 2. The maximum absolute atomic E-state index is 13.4. The molecule has 3 atom stereocenters. The predicted octanol–water partition coefficient (Wildman–Crippen LogP) is 3.62. The molecule has 13 heteroatoms. The molecule has 5 rings (SSSR count). The van der Waals surface area contributed by atoms with Gasteiger partial charge in [-0.3, -0.25) is 0 Å². The Morgan fingerprint density at radius 2 is 1.59 bits per heavy atom. The fraction of sp³-hybridized carbons (Fsp3) is 0.895. The van der Waals surface area contributed by atoms with Crippen molar-refractivity contribution in [2.24, 2.45) is 17.8 Å². The number of carbonyl (C=O) groups excluding carboxylic acids is 2. The van der Waals surface area contributed by atoms with Crippen LogP contribution in [0.5, 0.6) is 0 Å². The molecule has 1 aliphatic heterocycles. The van der Waals surface area contributed by atoms with Crippen LogP contribution in [0.1, 0.15) is 39.0 Å². The van der Waals surface area contributed by atoms with E-state index in [4.69, 9.17) is 14.2 Å². The Kier molecular flexibility index (Phi) is 5.28. The van der Waals surface area contributed by atoms with Crippen molar-refractivity contribution in [2.75, 3.05) is 13.2 Å². The summed E-state index contributed by atoms with van der Waals surface area (Å²) < 4.78 is 110. The molecule has 6 nitrogen and oxygen atoms in total. The predicted molar refractivity (Wildman–Crippen MR) is 88.5 cm³/mol. The second kappa shape index (κ2) is 7.18. The highest BCUT2D eigenvalue weighted by Gasteiger charge is 2.68. The monoisotopic (exact) mass is 478 g/mol. The molecule has 1 spiro atoms. The van der Waals surface area contributed by atoms with Gasteiger partial charge in [0.25, 0.3) is 0 Å². The quantitative estimate of drug-likeness (QED) is 0.444. The lowest BCUT2D eigenvalue weighted by atomic mass is 9.51. The molecule has 4 aliphatic carbocycles. The Bertz CT molecular complexity index is 776. The standard InChI is InChI=1S/C19H21F7O6/c1-15(20,21)14(28)32-16-4-9-2-10(5-16)18(11(3-9)6-16)30-7-12(31-18)13(27)29-8-17(22,23)19(24,25)26/h9-12H,2-8H2,1H3. The smallest absolute Gasteiger partial charge is 0.456 e. The number of hydrogen-bond acceptors (Lipinski definition) is 6. The van der Waals surface area contributed by atoms with Crippen LogP contribution in [0.3, 0.4) is 0 Å². The summed E-state index contributed by atoms with van der Waals surface area (Å²) in [6, 6.07) is 0. The second-order valence-corrected chi connectivity index (χ2v) is 9.25. The molecule has 1 heterocycles. The summed E-state index contributed by atoms with van der Waals surface area (Å²) in [5.74, 6) is -14.0. The number of ether oxygens (including phenoxy) is 4. The summed E-state index contributed by atoms with van der Waals surface area (Å²) in [5.41, 5.74) is -1.11. The maximum atomic E-state index is 13.4. The molecular formula is C19H21F7O6. The fourth-order valence-electron chi connectivity index (χ4n) is 5.64. The molecule has 0 amide bonds. The average molecular weight is 478 g/mol. The van der Waals surface area contributed by atoms with Gasteiger partial charge in [-0.05, 0) is 38.0 Å². The molecule has 32 heavy (non-hydrogen) atoms. The van der Waals surface area contributed by atoms with Crippen molar-refractivity contribution >= 4 is 11.9 Å². The third-order valence-electron chi connectivity index (χ3n) is 6.80. The minimum Gasteiger partial charge on any atom is -0.457 e. The van der Waals surface area contributed by atoms with Crippen LogP contribution in [0.2, 0.25) is 0 Å². The van der Waals surface area contributed by atoms with E-state index in [1.54, 1.807) is 0 Å². The molecule has 182 valence electrons. The maximum Gasteiger partial charge on any atom is 0.456 e. The summed E-state index contributed by atoms with van der Waals surface area (Å²) in [6.45, 7) is -2.14. The van der Waals surface area contributed by atoms with Gasteiger partial charge in [0.2, 0.25) is 0 Å². The van der Waals surface area contributed by atoms with Gasteiger partial charge in [-0.15, -0.1) is 0 Å². The Hall–Kier alpha value is -1.63. The van der Waals surface area contributed by atoms with Gasteiger partial charge in [0.15, 0.2) is 18.5 Å². The third kappa shape index (κ3) is 3.84. The lowest BCUT2D eigenvalue weighted by molar-refractivity contribution is -0.321. The summed E-state index contributed by atoms with van der Waals surface area (Å²) in [5, 5.41) is 0. The van der Waals surface area contributed by atoms with E-state index in [0.29, 0.717) is 26.2 Å². The minimum absolute atomic E-state index is 0.0556. The summed E-state index contributed by atoms with van der Waals surface area (Å²) in [4.78, 5) is 23.9. The molecule has 3 unspecified atom stereocenters. The van der Waals surface area contributed by atoms with Crippen LogP contribution in [0.4, 0.5) is 30.7 Å². The van der Waals surface area contributed by atoms with Crippen molar-refractivity contribution < 1.29 is 59.3 Å². The lowest BCUT2D eigenvalue weighted by Crippen LogP contribution is -2.65. The third-order valence-corrected chi connectivity index (χ3v) is 6.80. The molecule has 5 fully saturated rings. The van der Waals surface area contributed by atoms with Crippen molar-refractivity contribution in [1.29, 1.82) is 0 Å². The van der Waals surface area contributed by atoms with E-state index >= 15 is 0 Å². The topological polar surface area (TPSA) is 71.1 Å². The van der Waals surface area contributed by atoms with E-state index in [2.05, 4.69) is 4.74 Å². The van der Waals surface area contributed by atoms with E-state index in [0.717, 1.165) is 0 Å². The zero-order valence-corrected chi connectivity index (χ0v) is 16.9. The number of carbonyl (C=O) groups is 2. The van der Waals surface area contributed by atoms with Crippen molar-refractivity contribution in [3.8, 4) is 0 Å². The first-order chi connectivity index (χ1) is 14.6. The zero-order valence-electron chi connectivity index (χ0n) is 16.9. The van der Waals surface area contributed by atoms with Crippen molar-refractivity contribution in [3.63, 3.8) is 0 Å². The van der Waals surface area contributed by atoms with E-state index < -0.39 is 72.5 Å². The van der Waals surface area contributed by atoms with Crippen molar-refractivity contribution in [1.82, 2.24) is 0 Å². The fourth-order valence-corrected chi connectivity index (χ4v) is 5.64. The Balaban J connectivity index is 1.43. The van der Waals surface area contributed by atoms with Crippen molar-refractivity contribution in [3.05, 3.63) is 0 Å². The van der Waals surface area contributed by atoms with E-state index in [1.807, 2.05) is 0 Å². The molecule has 0 radical (unpaired) electrons. The Morgan fingerprint density at radius 1 is 1.00 bits per heavy atom. The number of hydrogen-bond donors (Lipinski definition) is 0. The molecule has 4 bridgehead atoms. The molecule has 0 aromatic rings. The van der Waals surface area contributed by atoms with Gasteiger partial charge in [-0.1, -0.05) is 0 Å². The highest BCUT2D eigenvalue weighted by atomic mass is 19.4. The van der Waals surface area contributed by atoms with Gasteiger partial charge in [0.05, 0.1) is 6.61 Å². The largest absolute Gasteiger partial charge is 0.457 e. The first kappa shape index (κ1) is 23.5. The highest BCUT2D eigenvalue weighted by molar-refractivity contribution is 5.77. The Morgan fingerprint density at radius 3 is 2.12 bits per heavy atom. The molecule has 1 saturated heterocycles. The van der Waals surface area contributed by atoms with Crippen LogP contribution in [-0.4, -0.2) is 60.7 Å². The van der Waals surface area contributed by atoms with Crippen LogP contribution in [0.15, 0.2) is 0 Å². The van der Waals surface area contributed by atoms with Gasteiger partial charge in [-0.2, -0.15) is 30.7 Å². The molecule has 0 N–H and O–H groups in total. The summed E-state index contributed by atoms with van der Waals surface area (Å²) in [6.07, 6.45) is -5.57. The van der Waals surface area contributed by atoms with Gasteiger partial charge < -0.3 is 18.9 Å². The molecular weight excluding hydrogens is 457 g/mol. The van der Waals surface area contributed by atoms with Crippen LogP contribution < -0.4 is 0 Å². The minimum atomic E-state index is -5.87. The number of halogens is 7. The normalized spacial score (nSPS) is 38.9. The average Bonchev–Trinajstić information content (AvgIpc) is 3.08. The van der Waals surface area contributed by atoms with Gasteiger partial charge in [0.1, 0.15) is 5.60 Å².